The zero-order valence-corrected chi connectivity index (χ0v) is 15.8. The van der Waals surface area contributed by atoms with Crippen LogP contribution in [-0.2, 0) is 0 Å². The Bertz CT molecular complexity index is 947. The molecule has 0 amide bonds. The number of para-hydroxylation sites is 1. The van der Waals surface area contributed by atoms with E-state index in [4.69, 9.17) is 0 Å². The number of hydrogen-bond acceptors (Lipinski definition) is 5. The molecule has 0 radical (unpaired) electrons. The molecule has 2 bridgehead atoms. The molecule has 4 aliphatic heterocycles. The van der Waals surface area contributed by atoms with Gasteiger partial charge in [-0.3, -0.25) is 4.90 Å². The molecular weight excluding hydrogens is 348 g/mol. The third-order valence-electron chi connectivity index (χ3n) is 6.93. The van der Waals surface area contributed by atoms with Gasteiger partial charge in [0.1, 0.15) is 0 Å². The summed E-state index contributed by atoms with van der Waals surface area (Å²) >= 11 is 0. The smallest absolute Gasteiger partial charge is 0.250 e. The standard InChI is InChI=1S/C22H24N6/c1-3-7-16(8-4-1)19-15-27(20-17-11-13-26(14-12-17)21(19)20)22-23-24-25-28(22)18-9-5-2-6-10-18/h1-10,17,19-21H,11-15H2/t19-,20+,21+/m1/s1. The fourth-order valence-corrected chi connectivity index (χ4v) is 5.74. The van der Waals surface area contributed by atoms with Gasteiger partial charge >= 0.3 is 0 Å². The van der Waals surface area contributed by atoms with Crippen molar-refractivity contribution in [1.29, 1.82) is 0 Å². The van der Waals surface area contributed by atoms with Gasteiger partial charge in [0.25, 0.3) is 5.95 Å². The van der Waals surface area contributed by atoms with E-state index in [9.17, 15) is 0 Å². The quantitative estimate of drug-likeness (QED) is 0.708. The van der Waals surface area contributed by atoms with E-state index in [-0.39, 0.29) is 0 Å². The summed E-state index contributed by atoms with van der Waals surface area (Å²) in [5, 5.41) is 12.9. The van der Waals surface area contributed by atoms with Gasteiger partial charge in [-0.2, -0.15) is 4.68 Å². The molecule has 142 valence electrons. The molecule has 28 heavy (non-hydrogen) atoms. The summed E-state index contributed by atoms with van der Waals surface area (Å²) in [4.78, 5) is 5.23. The van der Waals surface area contributed by atoms with Gasteiger partial charge in [0.05, 0.1) is 11.7 Å². The number of rotatable bonds is 3. The van der Waals surface area contributed by atoms with Crippen molar-refractivity contribution in [3.8, 4) is 5.69 Å². The Morgan fingerprint density at radius 3 is 2.29 bits per heavy atom. The Morgan fingerprint density at radius 1 is 0.821 bits per heavy atom. The van der Waals surface area contributed by atoms with Crippen LogP contribution in [0.4, 0.5) is 5.95 Å². The molecule has 0 aliphatic carbocycles. The number of nitrogens with zero attached hydrogens (tertiary/aromatic N) is 6. The highest BCUT2D eigenvalue weighted by Gasteiger charge is 2.54. The Labute approximate surface area is 164 Å². The second-order valence-electron chi connectivity index (χ2n) is 8.25. The predicted molar refractivity (Wildman–Crippen MR) is 108 cm³/mol. The highest BCUT2D eigenvalue weighted by atomic mass is 15.6. The van der Waals surface area contributed by atoms with E-state index in [0.29, 0.717) is 18.0 Å². The van der Waals surface area contributed by atoms with Crippen molar-refractivity contribution in [2.45, 2.75) is 30.8 Å². The molecule has 0 unspecified atom stereocenters. The number of hydrogen-bond donors (Lipinski definition) is 0. The molecule has 3 aromatic rings. The van der Waals surface area contributed by atoms with Crippen molar-refractivity contribution in [2.75, 3.05) is 24.5 Å². The molecule has 2 aromatic carbocycles. The van der Waals surface area contributed by atoms with Gasteiger partial charge in [-0.15, -0.1) is 0 Å². The minimum Gasteiger partial charge on any atom is -0.334 e. The number of piperidine rings is 3. The van der Waals surface area contributed by atoms with Crippen molar-refractivity contribution < 1.29 is 0 Å². The van der Waals surface area contributed by atoms with Gasteiger partial charge in [-0.25, -0.2) is 0 Å². The van der Waals surface area contributed by atoms with Crippen LogP contribution in [-0.4, -0.2) is 56.8 Å². The van der Waals surface area contributed by atoms with Crippen LogP contribution in [0.2, 0.25) is 0 Å². The summed E-state index contributed by atoms with van der Waals surface area (Å²) < 4.78 is 1.90. The molecule has 0 N–H and O–H groups in total. The summed E-state index contributed by atoms with van der Waals surface area (Å²) in [5.74, 6) is 2.10. The van der Waals surface area contributed by atoms with Crippen molar-refractivity contribution in [1.82, 2.24) is 25.1 Å². The van der Waals surface area contributed by atoms with E-state index in [1.807, 2.05) is 22.9 Å². The van der Waals surface area contributed by atoms with Crippen LogP contribution < -0.4 is 4.90 Å². The van der Waals surface area contributed by atoms with Crippen molar-refractivity contribution in [3.63, 3.8) is 0 Å². The summed E-state index contributed by atoms with van der Waals surface area (Å²) in [6, 6.07) is 22.3. The lowest BCUT2D eigenvalue weighted by Crippen LogP contribution is -2.60. The molecule has 7 rings (SSSR count). The fraction of sp³-hybridized carbons (Fsp3) is 0.409. The molecule has 4 fully saturated rings. The second-order valence-corrected chi connectivity index (χ2v) is 8.25. The van der Waals surface area contributed by atoms with E-state index in [0.717, 1.165) is 24.1 Å². The first-order valence-corrected chi connectivity index (χ1v) is 10.3. The lowest BCUT2D eigenvalue weighted by molar-refractivity contribution is 0.0352. The van der Waals surface area contributed by atoms with Gasteiger partial charge < -0.3 is 4.90 Å². The molecule has 6 nitrogen and oxygen atoms in total. The van der Waals surface area contributed by atoms with E-state index in [1.165, 1.54) is 31.5 Å². The summed E-state index contributed by atoms with van der Waals surface area (Å²) in [5.41, 5.74) is 2.45. The maximum atomic E-state index is 4.49. The van der Waals surface area contributed by atoms with Gasteiger partial charge in [0, 0.05) is 18.5 Å². The average Bonchev–Trinajstić information content (AvgIpc) is 3.42. The van der Waals surface area contributed by atoms with Crippen LogP contribution in [0.3, 0.4) is 0 Å². The SMILES string of the molecule is c1ccc([C@H]2CN(c3nnnn3-c3ccccc3)[C@H]3C4CCN(CC4)[C@@H]23)cc1. The monoisotopic (exact) mass is 372 g/mol. The lowest BCUT2D eigenvalue weighted by atomic mass is 9.75. The van der Waals surface area contributed by atoms with Crippen LogP contribution in [0.5, 0.6) is 0 Å². The van der Waals surface area contributed by atoms with Gasteiger partial charge in [0.2, 0.25) is 0 Å². The fourth-order valence-electron chi connectivity index (χ4n) is 5.74. The lowest BCUT2D eigenvalue weighted by Gasteiger charge is -2.51. The molecular formula is C22H24N6. The molecule has 5 heterocycles. The zero-order chi connectivity index (χ0) is 18.5. The van der Waals surface area contributed by atoms with E-state index in [2.05, 4.69) is 67.8 Å². The number of fused-ring (bicyclic) bond motifs is 2. The molecule has 0 spiro atoms. The molecule has 3 atom stereocenters. The Hall–Kier alpha value is -2.73. The summed E-state index contributed by atoms with van der Waals surface area (Å²) in [7, 11) is 0. The highest BCUT2D eigenvalue weighted by molar-refractivity contribution is 5.46. The second kappa shape index (κ2) is 6.41. The topological polar surface area (TPSA) is 50.1 Å². The van der Waals surface area contributed by atoms with Crippen molar-refractivity contribution in [3.05, 3.63) is 66.2 Å². The van der Waals surface area contributed by atoms with E-state index in [1.54, 1.807) is 0 Å². The van der Waals surface area contributed by atoms with Gasteiger partial charge in [-0.1, -0.05) is 53.6 Å². The molecule has 4 saturated heterocycles. The summed E-state index contributed by atoms with van der Waals surface area (Å²) in [6.45, 7) is 3.43. The van der Waals surface area contributed by atoms with Crippen LogP contribution in [0.15, 0.2) is 60.7 Å². The maximum Gasteiger partial charge on any atom is 0.250 e. The van der Waals surface area contributed by atoms with Crippen molar-refractivity contribution >= 4 is 5.95 Å². The molecule has 4 aliphatic rings. The minimum atomic E-state index is 0.487. The molecule has 6 heteroatoms. The Balaban J connectivity index is 1.44. The third kappa shape index (κ3) is 2.41. The minimum absolute atomic E-state index is 0.487. The number of tetrazole rings is 1. The third-order valence-corrected chi connectivity index (χ3v) is 6.93. The number of benzene rings is 2. The molecule has 0 saturated carbocycles. The van der Waals surface area contributed by atoms with Crippen LogP contribution in [0, 0.1) is 5.92 Å². The van der Waals surface area contributed by atoms with Crippen LogP contribution in [0.25, 0.3) is 5.69 Å². The first-order valence-electron chi connectivity index (χ1n) is 10.3. The van der Waals surface area contributed by atoms with Crippen molar-refractivity contribution in [2.24, 2.45) is 5.92 Å². The maximum absolute atomic E-state index is 4.49. The largest absolute Gasteiger partial charge is 0.334 e. The average molecular weight is 372 g/mol. The Morgan fingerprint density at radius 2 is 1.54 bits per heavy atom. The highest BCUT2D eigenvalue weighted by Crippen LogP contribution is 2.47. The zero-order valence-electron chi connectivity index (χ0n) is 15.8. The van der Waals surface area contributed by atoms with E-state index < -0.39 is 0 Å². The summed E-state index contributed by atoms with van der Waals surface area (Å²) in [6.07, 6.45) is 2.57. The predicted octanol–water partition coefficient (Wildman–Crippen LogP) is 2.73. The van der Waals surface area contributed by atoms with E-state index >= 15 is 0 Å². The number of aromatic nitrogens is 4. The molecule has 1 aromatic heterocycles. The Kier molecular flexibility index (Phi) is 3.72. The van der Waals surface area contributed by atoms with Crippen LogP contribution >= 0.6 is 0 Å². The van der Waals surface area contributed by atoms with Crippen LogP contribution in [0.1, 0.15) is 24.3 Å². The van der Waals surface area contributed by atoms with Gasteiger partial charge in [0.15, 0.2) is 0 Å². The first-order chi connectivity index (χ1) is 13.9. The normalized spacial score (nSPS) is 31.1. The first kappa shape index (κ1) is 16.2. The number of anilines is 1. The van der Waals surface area contributed by atoms with Gasteiger partial charge in [-0.05, 0) is 60.0 Å².